The van der Waals surface area contributed by atoms with Crippen molar-refractivity contribution in [1.29, 1.82) is 0 Å². The zero-order valence-electron chi connectivity index (χ0n) is 11.4. The van der Waals surface area contributed by atoms with Crippen molar-refractivity contribution in [3.63, 3.8) is 0 Å². The van der Waals surface area contributed by atoms with Gasteiger partial charge in [-0.1, -0.05) is 17.7 Å². The molecule has 5 nitrogen and oxygen atoms in total. The van der Waals surface area contributed by atoms with Gasteiger partial charge in [-0.3, -0.25) is 4.79 Å². The number of rotatable bonds is 2. The Bertz CT molecular complexity index is 518. The maximum Gasteiger partial charge on any atom is 0.498 e. The van der Waals surface area contributed by atoms with Crippen molar-refractivity contribution < 1.29 is 14.1 Å². The molecule has 1 aromatic rings. The fourth-order valence-electron chi connectivity index (χ4n) is 1.73. The minimum atomic E-state index is -0.623. The van der Waals surface area contributed by atoms with E-state index in [-0.39, 0.29) is 10.8 Å². The molecule has 2 N–H and O–H groups in total. The Kier molecular flexibility index (Phi) is 3.37. The first kappa shape index (κ1) is 14.3. The number of nitrogens with two attached hydrogens (primary N) is 1. The number of hydrogen-bond acceptors (Lipinski definition) is 4. The number of pyridine rings is 1. The second kappa shape index (κ2) is 4.47. The number of carbonyl (C=O) groups is 1. The number of carbonyl (C=O) groups excluding carboxylic acids is 1. The van der Waals surface area contributed by atoms with Crippen LogP contribution in [0, 0.1) is 0 Å². The third kappa shape index (κ3) is 2.48. The van der Waals surface area contributed by atoms with Crippen LogP contribution in [0.5, 0.6) is 0 Å². The lowest BCUT2D eigenvalue weighted by molar-refractivity contribution is 0.00578. The summed E-state index contributed by atoms with van der Waals surface area (Å²) in [6.45, 7) is 7.80. The molecule has 1 fully saturated rings. The zero-order chi connectivity index (χ0) is 14.4. The average molecular weight is 283 g/mol. The van der Waals surface area contributed by atoms with Crippen molar-refractivity contribution in [3.05, 3.63) is 23.0 Å². The normalized spacial score (nSPS) is 20.6. The molecule has 0 bridgehead atoms. The molecule has 0 spiro atoms. The van der Waals surface area contributed by atoms with Crippen molar-refractivity contribution in [3.8, 4) is 0 Å². The Labute approximate surface area is 117 Å². The van der Waals surface area contributed by atoms with E-state index < -0.39 is 24.2 Å². The first-order valence-corrected chi connectivity index (χ1v) is 6.34. The fourth-order valence-corrected chi connectivity index (χ4v) is 1.97. The Morgan fingerprint density at radius 3 is 2.21 bits per heavy atom. The molecule has 1 aliphatic heterocycles. The van der Waals surface area contributed by atoms with E-state index in [4.69, 9.17) is 26.6 Å². The highest BCUT2D eigenvalue weighted by Crippen LogP contribution is 2.36. The second-order valence-electron chi connectivity index (χ2n) is 5.53. The van der Waals surface area contributed by atoms with Gasteiger partial charge < -0.3 is 15.0 Å². The van der Waals surface area contributed by atoms with Crippen molar-refractivity contribution in [1.82, 2.24) is 4.98 Å². The quantitative estimate of drug-likeness (QED) is 0.652. The van der Waals surface area contributed by atoms with Gasteiger partial charge in [0.1, 0.15) is 10.8 Å². The summed E-state index contributed by atoms with van der Waals surface area (Å²) in [5.74, 6) is -0.623. The van der Waals surface area contributed by atoms with Crippen molar-refractivity contribution in [2.24, 2.45) is 5.73 Å². The highest BCUT2D eigenvalue weighted by Gasteiger charge is 2.52. The summed E-state index contributed by atoms with van der Waals surface area (Å²) in [5, 5.41) is 0.162. The zero-order valence-corrected chi connectivity index (χ0v) is 12.1. The molecule has 0 aromatic carbocycles. The summed E-state index contributed by atoms with van der Waals surface area (Å²) in [5.41, 5.74) is 4.94. The fraction of sp³-hybridized carbons (Fsp3) is 0.500. The van der Waals surface area contributed by atoms with Gasteiger partial charge in [0.2, 0.25) is 0 Å². The molecule has 0 aliphatic carbocycles. The third-order valence-corrected chi connectivity index (χ3v) is 3.94. The van der Waals surface area contributed by atoms with Gasteiger partial charge >= 0.3 is 7.12 Å². The Balaban J connectivity index is 2.33. The molecule has 102 valence electrons. The minimum absolute atomic E-state index is 0.116. The van der Waals surface area contributed by atoms with Crippen LogP contribution in [0.25, 0.3) is 0 Å². The van der Waals surface area contributed by atoms with Crippen LogP contribution in [-0.4, -0.2) is 29.2 Å². The van der Waals surface area contributed by atoms with Gasteiger partial charge in [-0.05, 0) is 33.8 Å². The van der Waals surface area contributed by atoms with Crippen LogP contribution in [0.4, 0.5) is 0 Å². The number of hydrogen-bond donors (Lipinski definition) is 1. The van der Waals surface area contributed by atoms with Crippen LogP contribution < -0.4 is 11.2 Å². The van der Waals surface area contributed by atoms with Gasteiger partial charge in [-0.25, -0.2) is 4.98 Å². The molecule has 0 atom stereocenters. The van der Waals surface area contributed by atoms with Gasteiger partial charge in [-0.2, -0.15) is 0 Å². The summed E-state index contributed by atoms with van der Waals surface area (Å²) in [6, 6.07) is 3.16. The van der Waals surface area contributed by atoms with Gasteiger partial charge in [0.25, 0.3) is 5.91 Å². The van der Waals surface area contributed by atoms with E-state index in [0.29, 0.717) is 5.46 Å². The van der Waals surface area contributed by atoms with Crippen molar-refractivity contribution in [2.45, 2.75) is 38.9 Å². The molecule has 7 heteroatoms. The van der Waals surface area contributed by atoms with Gasteiger partial charge in [0.05, 0.1) is 11.2 Å². The lowest BCUT2D eigenvalue weighted by Gasteiger charge is -2.32. The second-order valence-corrected chi connectivity index (χ2v) is 5.89. The molecule has 0 radical (unpaired) electrons. The van der Waals surface area contributed by atoms with Crippen LogP contribution in [0.1, 0.15) is 38.2 Å². The molecule has 0 saturated carbocycles. The summed E-state index contributed by atoms with van der Waals surface area (Å²) < 4.78 is 11.7. The first-order chi connectivity index (χ1) is 8.64. The van der Waals surface area contributed by atoms with Crippen LogP contribution in [0.2, 0.25) is 5.15 Å². The minimum Gasteiger partial charge on any atom is -0.399 e. The average Bonchev–Trinajstić information content (AvgIpc) is 2.47. The standard InChI is InChI=1S/C12H16BClN2O3/c1-11(2)12(3,4)19-13(18-11)7-5-6-8(10(15)17)16-9(7)14/h5-6H,1-4H3,(H2,15,17). The van der Waals surface area contributed by atoms with Crippen molar-refractivity contribution >= 4 is 30.1 Å². The first-order valence-electron chi connectivity index (χ1n) is 5.96. The monoisotopic (exact) mass is 282 g/mol. The van der Waals surface area contributed by atoms with E-state index in [9.17, 15) is 4.79 Å². The summed E-state index contributed by atoms with van der Waals surface area (Å²) >= 11 is 6.06. The van der Waals surface area contributed by atoms with Gasteiger partial charge in [-0.15, -0.1) is 0 Å². The Hall–Kier alpha value is -1.11. The molecule has 0 unspecified atom stereocenters. The lowest BCUT2D eigenvalue weighted by Crippen LogP contribution is -2.41. The number of aromatic nitrogens is 1. The summed E-state index contributed by atoms with van der Waals surface area (Å²) in [7, 11) is -0.605. The maximum atomic E-state index is 11.0. The highest BCUT2D eigenvalue weighted by molar-refractivity contribution is 6.65. The summed E-state index contributed by atoms with van der Waals surface area (Å²) in [6.07, 6.45) is 0. The number of halogens is 1. The number of nitrogens with zero attached hydrogens (tertiary/aromatic N) is 1. The van der Waals surface area contributed by atoms with Crippen molar-refractivity contribution in [2.75, 3.05) is 0 Å². The van der Waals surface area contributed by atoms with Gasteiger partial charge in [0, 0.05) is 5.46 Å². The predicted molar refractivity (Wildman–Crippen MR) is 73.5 cm³/mol. The van der Waals surface area contributed by atoms with E-state index in [0.717, 1.165) is 0 Å². The summed E-state index contributed by atoms with van der Waals surface area (Å²) in [4.78, 5) is 15.0. The predicted octanol–water partition coefficient (Wildman–Crippen LogP) is 1.13. The molecular weight excluding hydrogens is 266 g/mol. The van der Waals surface area contributed by atoms with E-state index in [1.807, 2.05) is 27.7 Å². The van der Waals surface area contributed by atoms with Crippen LogP contribution in [-0.2, 0) is 9.31 Å². The van der Waals surface area contributed by atoms with E-state index in [1.165, 1.54) is 6.07 Å². The number of primary amides is 1. The lowest BCUT2D eigenvalue weighted by atomic mass is 9.80. The number of amides is 1. The largest absolute Gasteiger partial charge is 0.498 e. The smallest absolute Gasteiger partial charge is 0.399 e. The van der Waals surface area contributed by atoms with Crippen LogP contribution in [0.15, 0.2) is 12.1 Å². The molecule has 2 rings (SSSR count). The van der Waals surface area contributed by atoms with E-state index in [2.05, 4.69) is 4.98 Å². The Morgan fingerprint density at radius 1 is 1.26 bits per heavy atom. The van der Waals surface area contributed by atoms with Crippen LogP contribution in [0.3, 0.4) is 0 Å². The molecule has 1 aliphatic rings. The molecular formula is C12H16BClN2O3. The van der Waals surface area contributed by atoms with E-state index >= 15 is 0 Å². The van der Waals surface area contributed by atoms with E-state index in [1.54, 1.807) is 6.07 Å². The highest BCUT2D eigenvalue weighted by atomic mass is 35.5. The van der Waals surface area contributed by atoms with Crippen LogP contribution >= 0.6 is 11.6 Å². The SMILES string of the molecule is CC1(C)OB(c2ccc(C(N)=O)nc2Cl)OC1(C)C. The molecule has 19 heavy (non-hydrogen) atoms. The molecule has 1 aromatic heterocycles. The maximum absolute atomic E-state index is 11.0. The molecule has 1 saturated heterocycles. The topological polar surface area (TPSA) is 74.4 Å². The molecule has 2 heterocycles. The molecule has 1 amide bonds. The Morgan fingerprint density at radius 2 is 1.79 bits per heavy atom. The third-order valence-electron chi connectivity index (χ3n) is 3.64. The van der Waals surface area contributed by atoms with Gasteiger partial charge in [0.15, 0.2) is 0 Å².